The summed E-state index contributed by atoms with van der Waals surface area (Å²) in [5.41, 5.74) is 3.08. The molecule has 2 heterocycles. The Balaban J connectivity index is 0.000000541. The average Bonchev–Trinajstić information content (AvgIpc) is 3.04. The highest BCUT2D eigenvalue weighted by Gasteiger charge is 2.41. The zero-order valence-electron chi connectivity index (χ0n) is 23.5. The monoisotopic (exact) mass is 593 g/mol. The second-order valence-corrected chi connectivity index (χ2v) is 10.3. The van der Waals surface area contributed by atoms with Crippen LogP contribution in [0.1, 0.15) is 30.4 Å². The molecule has 226 valence electrons. The predicted octanol–water partition coefficient (Wildman–Crippen LogP) is 6.19. The van der Waals surface area contributed by atoms with Gasteiger partial charge in [-0.05, 0) is 67.1 Å². The maximum absolute atomic E-state index is 12.1. The summed E-state index contributed by atoms with van der Waals surface area (Å²) in [6.07, 6.45) is 2.98. The average molecular weight is 594 g/mol. The van der Waals surface area contributed by atoms with Gasteiger partial charge in [-0.1, -0.05) is 72.8 Å². The maximum Gasteiger partial charge on any atom is 0.490 e. The Bertz CT molecular complexity index is 1360. The van der Waals surface area contributed by atoms with Crippen molar-refractivity contribution in [2.24, 2.45) is 5.92 Å². The second-order valence-electron chi connectivity index (χ2n) is 10.3. The number of carboxylic acid groups (broad SMARTS) is 1. The van der Waals surface area contributed by atoms with Crippen molar-refractivity contribution in [1.29, 1.82) is 0 Å². The smallest absolute Gasteiger partial charge is 0.490 e. The lowest BCUT2D eigenvalue weighted by Gasteiger charge is -2.42. The Labute approximate surface area is 248 Å². The number of rotatable bonds is 9. The molecule has 0 atom stereocenters. The third-order valence-electron chi connectivity index (χ3n) is 7.48. The molecule has 0 amide bonds. The number of carboxylic acids is 1. The molecule has 3 aromatic carbocycles. The maximum atomic E-state index is 12.1. The van der Waals surface area contributed by atoms with Crippen LogP contribution in [0, 0.1) is 5.92 Å². The van der Waals surface area contributed by atoms with Gasteiger partial charge in [-0.15, -0.1) is 0 Å². The standard InChI is InChI=1S/C31H33N3O2.C2HF3O2/c35-31(27-8-3-1-4-9-27,28-10-5-2-6-11-28)29-16-19-34(20-17-29)18-7-21-36-30-14-12-25(13-15-30)26-22-32-24-33-23-26;3-2(4,5)1(6)7/h1-6,8-15,22-24,29,35H,7,16-21H2;(H,6,7). The largest absolute Gasteiger partial charge is 0.494 e. The van der Waals surface area contributed by atoms with Gasteiger partial charge in [-0.2, -0.15) is 13.2 Å². The molecule has 0 unspecified atom stereocenters. The van der Waals surface area contributed by atoms with E-state index in [0.717, 1.165) is 66.9 Å². The molecule has 4 aromatic rings. The molecule has 1 aliphatic heterocycles. The third kappa shape index (κ3) is 8.62. The lowest BCUT2D eigenvalue weighted by atomic mass is 9.72. The number of piperidine rings is 1. The number of carbonyl (C=O) groups is 1. The van der Waals surface area contributed by atoms with Crippen molar-refractivity contribution in [3.63, 3.8) is 0 Å². The van der Waals surface area contributed by atoms with Crippen LogP contribution in [-0.4, -0.2) is 63.5 Å². The molecular weight excluding hydrogens is 559 g/mol. The number of aliphatic hydroxyl groups is 1. The minimum atomic E-state index is -5.08. The highest BCUT2D eigenvalue weighted by Crippen LogP contribution is 2.41. The molecule has 0 spiro atoms. The number of hydrogen-bond donors (Lipinski definition) is 2. The normalized spacial score (nSPS) is 14.4. The number of ether oxygens (including phenoxy) is 1. The van der Waals surface area contributed by atoms with Crippen LogP contribution >= 0.6 is 0 Å². The van der Waals surface area contributed by atoms with E-state index in [2.05, 4.69) is 39.1 Å². The van der Waals surface area contributed by atoms with E-state index >= 15 is 0 Å². The molecule has 2 N–H and O–H groups in total. The molecule has 0 aliphatic carbocycles. The van der Waals surface area contributed by atoms with Crippen LogP contribution in [0.25, 0.3) is 11.1 Å². The van der Waals surface area contributed by atoms with Crippen molar-refractivity contribution in [1.82, 2.24) is 14.9 Å². The number of halogens is 3. The summed E-state index contributed by atoms with van der Waals surface area (Å²) in [7, 11) is 0. The van der Waals surface area contributed by atoms with Gasteiger partial charge in [0.15, 0.2) is 0 Å². The first-order valence-corrected chi connectivity index (χ1v) is 14.0. The lowest BCUT2D eigenvalue weighted by Crippen LogP contribution is -2.44. The van der Waals surface area contributed by atoms with Crippen molar-refractivity contribution in [3.8, 4) is 16.9 Å². The number of aromatic nitrogens is 2. The van der Waals surface area contributed by atoms with Crippen LogP contribution in [0.5, 0.6) is 5.75 Å². The van der Waals surface area contributed by atoms with Crippen LogP contribution in [0.3, 0.4) is 0 Å². The molecule has 7 nitrogen and oxygen atoms in total. The molecule has 1 aliphatic rings. The highest BCUT2D eigenvalue weighted by molar-refractivity contribution is 5.73. The van der Waals surface area contributed by atoms with E-state index in [1.165, 1.54) is 6.33 Å². The van der Waals surface area contributed by atoms with Crippen molar-refractivity contribution >= 4 is 5.97 Å². The van der Waals surface area contributed by atoms with Crippen molar-refractivity contribution < 1.29 is 32.9 Å². The Morgan fingerprint density at radius 2 is 1.35 bits per heavy atom. The molecule has 0 radical (unpaired) electrons. The predicted molar refractivity (Wildman–Crippen MR) is 156 cm³/mol. The van der Waals surface area contributed by atoms with Crippen LogP contribution < -0.4 is 4.74 Å². The van der Waals surface area contributed by atoms with Gasteiger partial charge in [0.2, 0.25) is 0 Å². The molecule has 5 rings (SSSR count). The summed E-state index contributed by atoms with van der Waals surface area (Å²) < 4.78 is 37.7. The SMILES string of the molecule is O=C(O)C(F)(F)F.OC(c1ccccc1)(c1ccccc1)C1CCN(CCCOc2ccc(-c3cncnc3)cc2)CC1. The van der Waals surface area contributed by atoms with E-state index in [0.29, 0.717) is 6.61 Å². The molecule has 10 heteroatoms. The summed E-state index contributed by atoms with van der Waals surface area (Å²) in [5.74, 6) is -1.69. The van der Waals surface area contributed by atoms with Gasteiger partial charge < -0.3 is 19.8 Å². The van der Waals surface area contributed by atoms with Crippen LogP contribution in [-0.2, 0) is 10.4 Å². The summed E-state index contributed by atoms with van der Waals surface area (Å²) in [6, 6.07) is 28.4. The molecule has 1 saturated heterocycles. The Kier molecular flexibility index (Phi) is 10.9. The fourth-order valence-corrected chi connectivity index (χ4v) is 5.27. The van der Waals surface area contributed by atoms with Crippen molar-refractivity contribution in [2.45, 2.75) is 31.0 Å². The number of likely N-dealkylation sites (tertiary alicyclic amines) is 1. The first-order chi connectivity index (χ1) is 20.7. The molecule has 0 saturated carbocycles. The van der Waals surface area contributed by atoms with E-state index in [-0.39, 0.29) is 5.92 Å². The van der Waals surface area contributed by atoms with Gasteiger partial charge in [0.1, 0.15) is 17.7 Å². The molecule has 1 aromatic heterocycles. The Hall–Kier alpha value is -4.28. The number of benzene rings is 3. The van der Waals surface area contributed by atoms with E-state index < -0.39 is 17.7 Å². The zero-order valence-corrected chi connectivity index (χ0v) is 23.5. The molecule has 1 fully saturated rings. The minimum Gasteiger partial charge on any atom is -0.494 e. The number of hydrogen-bond acceptors (Lipinski definition) is 6. The second kappa shape index (κ2) is 14.8. The summed E-state index contributed by atoms with van der Waals surface area (Å²) in [5, 5.41) is 19.2. The molecular formula is C33H34F3N3O4. The first kappa shape index (κ1) is 31.7. The molecule has 0 bridgehead atoms. The Morgan fingerprint density at radius 1 is 0.837 bits per heavy atom. The van der Waals surface area contributed by atoms with Gasteiger partial charge >= 0.3 is 12.1 Å². The third-order valence-corrected chi connectivity index (χ3v) is 7.48. The minimum absolute atomic E-state index is 0.184. The highest BCUT2D eigenvalue weighted by atomic mass is 19.4. The van der Waals surface area contributed by atoms with E-state index in [4.69, 9.17) is 14.6 Å². The fourth-order valence-electron chi connectivity index (χ4n) is 5.27. The summed E-state index contributed by atoms with van der Waals surface area (Å²) in [4.78, 5) is 19.5. The number of aliphatic carboxylic acids is 1. The lowest BCUT2D eigenvalue weighted by molar-refractivity contribution is -0.192. The van der Waals surface area contributed by atoms with Crippen LogP contribution in [0.2, 0.25) is 0 Å². The van der Waals surface area contributed by atoms with E-state index in [9.17, 15) is 18.3 Å². The van der Waals surface area contributed by atoms with E-state index in [1.54, 1.807) is 0 Å². The summed E-state index contributed by atoms with van der Waals surface area (Å²) in [6.45, 7) is 3.66. The van der Waals surface area contributed by atoms with Gasteiger partial charge in [0.05, 0.1) is 6.61 Å². The van der Waals surface area contributed by atoms with Gasteiger partial charge in [-0.3, -0.25) is 0 Å². The number of alkyl halides is 3. The molecule has 43 heavy (non-hydrogen) atoms. The number of nitrogens with zero attached hydrogens (tertiary/aromatic N) is 3. The summed E-state index contributed by atoms with van der Waals surface area (Å²) >= 11 is 0. The van der Waals surface area contributed by atoms with Crippen molar-refractivity contribution in [3.05, 3.63) is 115 Å². The first-order valence-electron chi connectivity index (χ1n) is 14.0. The Morgan fingerprint density at radius 3 is 1.84 bits per heavy atom. The van der Waals surface area contributed by atoms with Crippen molar-refractivity contribution in [2.75, 3.05) is 26.2 Å². The zero-order chi connectivity index (χ0) is 30.7. The van der Waals surface area contributed by atoms with Crippen LogP contribution in [0.15, 0.2) is 104 Å². The van der Waals surface area contributed by atoms with Gasteiger partial charge in [-0.25, -0.2) is 14.8 Å². The quantitative estimate of drug-likeness (QED) is 0.223. The van der Waals surface area contributed by atoms with Crippen LogP contribution in [0.4, 0.5) is 13.2 Å². The fraction of sp³-hybridized carbons (Fsp3) is 0.303. The van der Waals surface area contributed by atoms with Gasteiger partial charge in [0.25, 0.3) is 0 Å². The topological polar surface area (TPSA) is 95.8 Å². The van der Waals surface area contributed by atoms with Gasteiger partial charge in [0, 0.05) is 24.5 Å². The van der Waals surface area contributed by atoms with E-state index in [1.807, 2.05) is 73.1 Å².